The minimum Gasteiger partial charge on any atom is -0.493 e. The fourth-order valence-corrected chi connectivity index (χ4v) is 5.17. The Labute approximate surface area is 210 Å². The van der Waals surface area contributed by atoms with Crippen LogP contribution in [-0.4, -0.2) is 34.3 Å². The maximum atomic E-state index is 11.7. The van der Waals surface area contributed by atoms with E-state index in [1.807, 2.05) is 72.8 Å². The summed E-state index contributed by atoms with van der Waals surface area (Å²) in [5.41, 5.74) is 4.61. The first-order chi connectivity index (χ1) is 17.2. The summed E-state index contributed by atoms with van der Waals surface area (Å²) < 4.78 is 12.0. The lowest BCUT2D eigenvalue weighted by Crippen LogP contribution is -2.14. The van der Waals surface area contributed by atoms with Gasteiger partial charge in [0, 0.05) is 16.9 Å². The van der Waals surface area contributed by atoms with E-state index in [0.29, 0.717) is 12.4 Å². The molecule has 0 aliphatic heterocycles. The number of carboxylic acids is 1. The van der Waals surface area contributed by atoms with E-state index in [9.17, 15) is 9.90 Å². The minimum absolute atomic E-state index is 0.490. The summed E-state index contributed by atoms with van der Waals surface area (Å²) in [7, 11) is 0. The number of fused-ring (bicyclic) bond motifs is 1. The average Bonchev–Trinajstić information content (AvgIpc) is 3.32. The molecule has 5 nitrogen and oxygen atoms in total. The molecule has 1 atom stereocenters. The molecule has 0 spiro atoms. The van der Waals surface area contributed by atoms with Gasteiger partial charge in [-0.05, 0) is 42.7 Å². The molecule has 1 heterocycles. The summed E-state index contributed by atoms with van der Waals surface area (Å²) >= 11 is 1.65. The predicted molar refractivity (Wildman–Crippen MR) is 142 cm³/mol. The molecule has 0 amide bonds. The van der Waals surface area contributed by atoms with Gasteiger partial charge < -0.3 is 14.4 Å². The van der Waals surface area contributed by atoms with Crippen molar-refractivity contribution in [3.8, 4) is 17.0 Å². The molecule has 0 fully saturated rings. The zero-order chi connectivity index (χ0) is 24.5. The number of unbranched alkanes of at least 4 members (excludes halogenated alkanes) is 1. The molecule has 182 valence electrons. The van der Waals surface area contributed by atoms with E-state index >= 15 is 0 Å². The third kappa shape index (κ3) is 6.25. The Kier molecular flexibility index (Phi) is 8.85. The number of aryl methyl sites for hydroxylation is 1. The number of carboxylic acid groups (broad SMARTS) is 1. The topological polar surface area (TPSA) is 72.6 Å². The Hall–Kier alpha value is -3.25. The molecular formula is C29H31NO4S. The van der Waals surface area contributed by atoms with Crippen LogP contribution in [0.1, 0.15) is 43.2 Å². The summed E-state index contributed by atoms with van der Waals surface area (Å²) in [5, 5.41) is 15.0. The molecular weight excluding hydrogens is 458 g/mol. The zero-order valence-electron chi connectivity index (χ0n) is 20.0. The molecule has 1 unspecified atom stereocenters. The number of aromatic nitrogens is 1. The van der Waals surface area contributed by atoms with Crippen LogP contribution in [0.3, 0.4) is 0 Å². The zero-order valence-corrected chi connectivity index (χ0v) is 20.8. The number of thioether (sulfide) groups is 1. The molecule has 0 aliphatic rings. The molecule has 3 aromatic carbocycles. The van der Waals surface area contributed by atoms with Crippen LogP contribution in [0, 0.1) is 0 Å². The Bertz CT molecular complexity index is 1220. The van der Waals surface area contributed by atoms with Crippen LogP contribution in [0.15, 0.2) is 77.3 Å². The van der Waals surface area contributed by atoms with Crippen LogP contribution in [0.2, 0.25) is 0 Å². The summed E-state index contributed by atoms with van der Waals surface area (Å²) in [5.74, 6) is 0.961. The van der Waals surface area contributed by atoms with E-state index in [4.69, 9.17) is 9.26 Å². The molecule has 0 bridgehead atoms. The van der Waals surface area contributed by atoms with Gasteiger partial charge in [-0.1, -0.05) is 79.2 Å². The molecule has 0 saturated heterocycles. The summed E-state index contributed by atoms with van der Waals surface area (Å²) in [4.78, 5) is 11.7. The van der Waals surface area contributed by atoms with Crippen molar-refractivity contribution >= 4 is 28.7 Å². The van der Waals surface area contributed by atoms with Crippen molar-refractivity contribution in [3.63, 3.8) is 0 Å². The Morgan fingerprint density at radius 2 is 1.77 bits per heavy atom. The van der Waals surface area contributed by atoms with Crippen molar-refractivity contribution in [1.82, 2.24) is 5.16 Å². The molecule has 4 aromatic rings. The van der Waals surface area contributed by atoms with E-state index in [-0.39, 0.29) is 0 Å². The van der Waals surface area contributed by atoms with Crippen molar-refractivity contribution in [3.05, 3.63) is 83.9 Å². The second-order valence-corrected chi connectivity index (χ2v) is 9.65. The summed E-state index contributed by atoms with van der Waals surface area (Å²) in [6.07, 6.45) is 3.84. The Morgan fingerprint density at radius 3 is 2.49 bits per heavy atom. The summed E-state index contributed by atoms with van der Waals surface area (Å²) in [6.45, 7) is 2.74. The molecule has 0 radical (unpaired) electrons. The third-order valence-corrected chi connectivity index (χ3v) is 7.15. The highest BCUT2D eigenvalue weighted by molar-refractivity contribution is 7.99. The van der Waals surface area contributed by atoms with Crippen LogP contribution < -0.4 is 4.74 Å². The van der Waals surface area contributed by atoms with Crippen molar-refractivity contribution in [2.24, 2.45) is 0 Å². The predicted octanol–water partition coefficient (Wildman–Crippen LogP) is 7.21. The van der Waals surface area contributed by atoms with Gasteiger partial charge in [0.05, 0.1) is 17.9 Å². The number of benzene rings is 3. The first-order valence-electron chi connectivity index (χ1n) is 12.1. The van der Waals surface area contributed by atoms with Crippen molar-refractivity contribution in [2.45, 2.75) is 38.5 Å². The first kappa shape index (κ1) is 24.9. The number of hydrogen-bond donors (Lipinski definition) is 1. The number of aliphatic carboxylic acids is 1. The van der Waals surface area contributed by atoms with E-state index in [0.717, 1.165) is 70.5 Å². The van der Waals surface area contributed by atoms with Crippen molar-refractivity contribution in [1.29, 1.82) is 0 Å². The van der Waals surface area contributed by atoms with Crippen LogP contribution in [0.5, 0.6) is 5.75 Å². The lowest BCUT2D eigenvalue weighted by atomic mass is 10.0. The lowest BCUT2D eigenvalue weighted by Gasteiger charge is -2.13. The van der Waals surface area contributed by atoms with Gasteiger partial charge in [0.25, 0.3) is 0 Å². The number of rotatable bonds is 13. The maximum absolute atomic E-state index is 11.7. The SMILES string of the molecule is CCCCc1c(OCCCSCC(C(=O)O)c2ccccc2)ccc2c(-c3ccccc3)noc12. The quantitative estimate of drug-likeness (QED) is 0.200. The van der Waals surface area contributed by atoms with Crippen molar-refractivity contribution in [2.75, 3.05) is 18.1 Å². The molecule has 35 heavy (non-hydrogen) atoms. The van der Waals surface area contributed by atoms with Gasteiger partial charge in [-0.3, -0.25) is 4.79 Å². The number of ether oxygens (including phenoxy) is 1. The second kappa shape index (κ2) is 12.5. The highest BCUT2D eigenvalue weighted by Gasteiger charge is 2.20. The van der Waals surface area contributed by atoms with Crippen LogP contribution in [0.4, 0.5) is 0 Å². The number of carbonyl (C=O) groups is 1. The molecule has 0 saturated carbocycles. The Balaban J connectivity index is 1.37. The van der Waals surface area contributed by atoms with Gasteiger partial charge >= 0.3 is 5.97 Å². The maximum Gasteiger partial charge on any atom is 0.311 e. The van der Waals surface area contributed by atoms with Crippen LogP contribution in [0.25, 0.3) is 22.2 Å². The fraction of sp³-hybridized carbons (Fsp3) is 0.310. The largest absolute Gasteiger partial charge is 0.493 e. The highest BCUT2D eigenvalue weighted by atomic mass is 32.2. The van der Waals surface area contributed by atoms with Gasteiger partial charge in [-0.15, -0.1) is 0 Å². The van der Waals surface area contributed by atoms with Gasteiger partial charge in [-0.2, -0.15) is 11.8 Å². The molecule has 1 N–H and O–H groups in total. The summed E-state index contributed by atoms with van der Waals surface area (Å²) in [6, 6.07) is 23.6. The molecule has 4 rings (SSSR count). The van der Waals surface area contributed by atoms with E-state index in [2.05, 4.69) is 12.1 Å². The van der Waals surface area contributed by atoms with Crippen LogP contribution in [-0.2, 0) is 11.2 Å². The van der Waals surface area contributed by atoms with Crippen LogP contribution >= 0.6 is 11.8 Å². The Morgan fingerprint density at radius 1 is 1.03 bits per heavy atom. The normalized spacial score (nSPS) is 12.0. The average molecular weight is 490 g/mol. The van der Waals surface area contributed by atoms with E-state index in [1.165, 1.54) is 0 Å². The number of nitrogens with zero attached hydrogens (tertiary/aromatic N) is 1. The second-order valence-electron chi connectivity index (χ2n) is 8.50. The highest BCUT2D eigenvalue weighted by Crippen LogP contribution is 2.35. The van der Waals surface area contributed by atoms with E-state index in [1.54, 1.807) is 11.8 Å². The van der Waals surface area contributed by atoms with Gasteiger partial charge in [0.15, 0.2) is 5.58 Å². The third-order valence-electron chi connectivity index (χ3n) is 6.00. The molecule has 0 aliphatic carbocycles. The molecule has 1 aromatic heterocycles. The minimum atomic E-state index is -0.782. The van der Waals surface area contributed by atoms with Crippen molar-refractivity contribution < 1.29 is 19.2 Å². The molecule has 6 heteroatoms. The smallest absolute Gasteiger partial charge is 0.311 e. The van der Waals surface area contributed by atoms with E-state index < -0.39 is 11.9 Å². The fourth-order valence-electron chi connectivity index (χ4n) is 4.11. The monoisotopic (exact) mass is 489 g/mol. The number of hydrogen-bond acceptors (Lipinski definition) is 5. The lowest BCUT2D eigenvalue weighted by molar-refractivity contribution is -0.138. The van der Waals surface area contributed by atoms with Gasteiger partial charge in [0.2, 0.25) is 0 Å². The standard InChI is InChI=1S/C29H31NO4S/c1-2-3-15-23-26(17-16-24-27(30-34-28(23)24)22-13-8-5-9-14-22)33-18-10-19-35-20-25(29(31)32)21-11-6-4-7-12-21/h4-9,11-14,16-17,25H,2-3,10,15,18-20H2,1H3,(H,31,32). The van der Waals surface area contributed by atoms with Gasteiger partial charge in [0.1, 0.15) is 11.4 Å². The van der Waals surface area contributed by atoms with Gasteiger partial charge in [-0.25, -0.2) is 0 Å². The first-order valence-corrected chi connectivity index (χ1v) is 13.3.